The van der Waals surface area contributed by atoms with Crippen molar-refractivity contribution in [2.75, 3.05) is 0 Å². The lowest BCUT2D eigenvalue weighted by atomic mass is 9.66. The van der Waals surface area contributed by atoms with Gasteiger partial charge in [0.2, 0.25) is 0 Å². The third-order valence-electron chi connectivity index (χ3n) is 4.32. The second-order valence-electron chi connectivity index (χ2n) is 6.44. The van der Waals surface area contributed by atoms with Crippen LogP contribution in [0.5, 0.6) is 0 Å². The third-order valence-corrected chi connectivity index (χ3v) is 4.32. The molecule has 7 heteroatoms. The summed E-state index contributed by atoms with van der Waals surface area (Å²) in [5.74, 6) is -0.632. The molecule has 0 saturated carbocycles. The first-order chi connectivity index (χ1) is 9.46. The van der Waals surface area contributed by atoms with Gasteiger partial charge in [0.15, 0.2) is 0 Å². The van der Waals surface area contributed by atoms with E-state index >= 15 is 0 Å². The first-order valence-corrected chi connectivity index (χ1v) is 6.77. The highest BCUT2D eigenvalue weighted by molar-refractivity contribution is 6.48. The van der Waals surface area contributed by atoms with Crippen LogP contribution in [0.15, 0.2) is 23.3 Å². The highest BCUT2D eigenvalue weighted by Crippen LogP contribution is 2.45. The van der Waals surface area contributed by atoms with Crippen LogP contribution in [0.25, 0.3) is 0 Å². The van der Waals surface area contributed by atoms with Gasteiger partial charge in [0.1, 0.15) is 6.29 Å². The second-order valence-corrected chi connectivity index (χ2v) is 6.44. The van der Waals surface area contributed by atoms with E-state index < -0.39 is 35.9 Å². The molecule has 2 rings (SSSR count). The Morgan fingerprint density at radius 3 is 2.19 bits per heavy atom. The molecule has 0 N–H and O–H groups in total. The van der Waals surface area contributed by atoms with Gasteiger partial charge in [-0.2, -0.15) is 13.2 Å². The molecule has 2 aliphatic rings. The molecule has 0 radical (unpaired) electrons. The Bertz CT molecular complexity index is 490. The third kappa shape index (κ3) is 3.08. The van der Waals surface area contributed by atoms with Crippen LogP contribution < -0.4 is 0 Å². The molecule has 0 aromatic heterocycles. The highest BCUT2D eigenvalue weighted by atomic mass is 19.4. The highest BCUT2D eigenvalue weighted by Gasteiger charge is 2.54. The topological polar surface area (TPSA) is 35.5 Å². The van der Waals surface area contributed by atoms with Gasteiger partial charge in [-0.15, -0.1) is 0 Å². The molecule has 1 atom stereocenters. The van der Waals surface area contributed by atoms with E-state index in [2.05, 4.69) is 0 Å². The van der Waals surface area contributed by atoms with Crippen LogP contribution in [0.3, 0.4) is 0 Å². The van der Waals surface area contributed by atoms with Crippen LogP contribution in [0.4, 0.5) is 13.2 Å². The Hall–Kier alpha value is -1.08. The maximum Gasteiger partial charge on any atom is 0.465 e. The summed E-state index contributed by atoms with van der Waals surface area (Å²) in [5, 5.41) is 0. The Morgan fingerprint density at radius 1 is 1.24 bits per heavy atom. The summed E-state index contributed by atoms with van der Waals surface area (Å²) < 4.78 is 50.3. The minimum atomic E-state index is -4.45. The largest absolute Gasteiger partial charge is 0.465 e. The van der Waals surface area contributed by atoms with Crippen LogP contribution in [0.2, 0.25) is 5.82 Å². The molecule has 0 spiro atoms. The van der Waals surface area contributed by atoms with Crippen molar-refractivity contribution >= 4 is 13.4 Å². The summed E-state index contributed by atoms with van der Waals surface area (Å²) in [4.78, 5) is 10.9. The Labute approximate surface area is 122 Å². The van der Waals surface area contributed by atoms with Gasteiger partial charge in [-0.05, 0) is 40.2 Å². The summed E-state index contributed by atoms with van der Waals surface area (Å²) in [7, 11) is -0.795. The fourth-order valence-corrected chi connectivity index (χ4v) is 2.38. The van der Waals surface area contributed by atoms with Gasteiger partial charge >= 0.3 is 13.3 Å². The zero-order valence-corrected chi connectivity index (χ0v) is 12.5. The number of hydrogen-bond acceptors (Lipinski definition) is 3. The van der Waals surface area contributed by atoms with E-state index in [1.54, 1.807) is 0 Å². The van der Waals surface area contributed by atoms with Gasteiger partial charge in [0.25, 0.3) is 0 Å². The van der Waals surface area contributed by atoms with Gasteiger partial charge < -0.3 is 9.31 Å². The molecule has 1 unspecified atom stereocenters. The molecule has 0 aromatic carbocycles. The molecule has 21 heavy (non-hydrogen) atoms. The maximum atomic E-state index is 12.9. The molecule has 0 amide bonds. The maximum absolute atomic E-state index is 12.9. The fourth-order valence-electron chi connectivity index (χ4n) is 2.38. The SMILES string of the molecule is CC1(C)OB(C2C=C(C=O)C=C(C(F)(F)F)C2)OC1(C)C. The van der Waals surface area contributed by atoms with Crippen molar-refractivity contribution in [1.82, 2.24) is 0 Å². The number of allylic oxidation sites excluding steroid dienone is 4. The van der Waals surface area contributed by atoms with Crippen molar-refractivity contribution in [2.24, 2.45) is 0 Å². The molecular weight excluding hydrogens is 284 g/mol. The zero-order valence-electron chi connectivity index (χ0n) is 12.5. The predicted molar refractivity (Wildman–Crippen MR) is 72.7 cm³/mol. The van der Waals surface area contributed by atoms with Crippen LogP contribution >= 0.6 is 0 Å². The number of carbonyl (C=O) groups is 1. The molecule has 3 nitrogen and oxygen atoms in total. The zero-order chi connectivity index (χ0) is 16.1. The van der Waals surface area contributed by atoms with E-state index in [9.17, 15) is 18.0 Å². The van der Waals surface area contributed by atoms with Gasteiger partial charge in [-0.3, -0.25) is 4.79 Å². The minimum Gasteiger partial charge on any atom is -0.403 e. The van der Waals surface area contributed by atoms with Crippen LogP contribution in [0, 0.1) is 0 Å². The molecule has 116 valence electrons. The van der Waals surface area contributed by atoms with Crippen molar-refractivity contribution < 1.29 is 27.3 Å². The van der Waals surface area contributed by atoms with E-state index in [4.69, 9.17) is 9.31 Å². The number of alkyl halides is 3. The van der Waals surface area contributed by atoms with Crippen LogP contribution in [-0.2, 0) is 14.1 Å². The van der Waals surface area contributed by atoms with E-state index in [0.29, 0.717) is 6.29 Å². The monoisotopic (exact) mass is 302 g/mol. The van der Waals surface area contributed by atoms with Crippen LogP contribution in [-0.4, -0.2) is 30.8 Å². The summed E-state index contributed by atoms with van der Waals surface area (Å²) in [6.45, 7) is 7.34. The predicted octanol–water partition coefficient (Wildman–Crippen LogP) is 3.47. The van der Waals surface area contributed by atoms with E-state index in [1.165, 1.54) is 6.08 Å². The van der Waals surface area contributed by atoms with Crippen molar-refractivity contribution in [1.29, 1.82) is 0 Å². The normalized spacial score (nSPS) is 28.1. The second kappa shape index (κ2) is 4.99. The van der Waals surface area contributed by atoms with Crippen molar-refractivity contribution in [2.45, 2.75) is 57.3 Å². The number of rotatable bonds is 2. The number of halogens is 3. The van der Waals surface area contributed by atoms with Crippen molar-refractivity contribution in [3.8, 4) is 0 Å². The van der Waals surface area contributed by atoms with E-state index in [0.717, 1.165) is 6.08 Å². The molecule has 1 aliphatic carbocycles. The molecule has 1 heterocycles. The first kappa shape index (κ1) is 16.3. The van der Waals surface area contributed by atoms with Gasteiger partial charge in [-0.25, -0.2) is 0 Å². The summed E-state index contributed by atoms with van der Waals surface area (Å²) >= 11 is 0. The Morgan fingerprint density at radius 2 is 1.76 bits per heavy atom. The molecule has 0 aromatic rings. The summed E-state index contributed by atoms with van der Waals surface area (Å²) in [6, 6.07) is 0. The van der Waals surface area contributed by atoms with Gasteiger partial charge in [0, 0.05) is 17.0 Å². The van der Waals surface area contributed by atoms with E-state index in [-0.39, 0.29) is 12.0 Å². The molecule has 1 saturated heterocycles. The average Bonchev–Trinajstić information content (AvgIpc) is 2.57. The molecular formula is C14H18BF3O3. The standard InChI is InChI=1S/C14H18BF3O3/c1-12(2)13(3,4)21-15(20-12)11-6-9(8-19)5-10(7-11)14(16,17)18/h5-6,8,11H,7H2,1-4H3. The smallest absolute Gasteiger partial charge is 0.403 e. The number of hydrogen-bond donors (Lipinski definition) is 0. The molecule has 1 fully saturated rings. The number of carbonyl (C=O) groups excluding carboxylic acids is 1. The Kier molecular flexibility index (Phi) is 3.87. The Balaban J connectivity index is 2.25. The quantitative estimate of drug-likeness (QED) is 0.579. The summed E-state index contributed by atoms with van der Waals surface area (Å²) in [6.07, 6.45) is -1.91. The lowest BCUT2D eigenvalue weighted by molar-refractivity contribution is -0.104. The lowest BCUT2D eigenvalue weighted by Crippen LogP contribution is -2.41. The van der Waals surface area contributed by atoms with Gasteiger partial charge in [0.05, 0.1) is 11.2 Å². The van der Waals surface area contributed by atoms with Crippen molar-refractivity contribution in [3.63, 3.8) is 0 Å². The van der Waals surface area contributed by atoms with Gasteiger partial charge in [-0.1, -0.05) is 6.08 Å². The molecule has 0 bridgehead atoms. The summed E-state index contributed by atoms with van der Waals surface area (Å²) in [5.41, 5.74) is -1.96. The molecule has 1 aliphatic heterocycles. The van der Waals surface area contributed by atoms with Crippen LogP contribution in [0.1, 0.15) is 34.1 Å². The fraction of sp³-hybridized carbons (Fsp3) is 0.643. The number of aldehydes is 1. The van der Waals surface area contributed by atoms with E-state index in [1.807, 2.05) is 27.7 Å². The minimum absolute atomic E-state index is 0.00767. The average molecular weight is 302 g/mol. The lowest BCUT2D eigenvalue weighted by Gasteiger charge is -2.32. The van der Waals surface area contributed by atoms with Crippen molar-refractivity contribution in [3.05, 3.63) is 23.3 Å². The first-order valence-electron chi connectivity index (χ1n) is 6.77.